The molecule has 9 heteroatoms. The minimum Gasteiger partial charge on any atom is -0.282 e. The van der Waals surface area contributed by atoms with E-state index in [1.165, 1.54) is 36.4 Å². The quantitative estimate of drug-likeness (QED) is 0.504. The molecule has 20 heavy (non-hydrogen) atoms. The van der Waals surface area contributed by atoms with Gasteiger partial charge in [0.1, 0.15) is 5.55 Å². The first-order valence-corrected chi connectivity index (χ1v) is 8.12. The van der Waals surface area contributed by atoms with E-state index in [-0.39, 0.29) is 10.6 Å². The van der Waals surface area contributed by atoms with Crippen LogP contribution in [0.5, 0.6) is 0 Å². The van der Waals surface area contributed by atoms with Crippen molar-refractivity contribution in [1.29, 1.82) is 0 Å². The van der Waals surface area contributed by atoms with Gasteiger partial charge in [0.05, 0.1) is 10.6 Å². The Bertz CT molecular complexity index is 900. The van der Waals surface area contributed by atoms with E-state index < -0.39 is 20.2 Å². The van der Waals surface area contributed by atoms with Gasteiger partial charge in [-0.25, -0.2) is 4.99 Å². The SMILES string of the molecule is O=S(=O)(O)C=Nc1ccc2cc(S(=O)(=O)O)ccc2c1. The van der Waals surface area contributed by atoms with E-state index in [1.54, 1.807) is 0 Å². The van der Waals surface area contributed by atoms with Crippen molar-refractivity contribution in [3.8, 4) is 0 Å². The molecule has 0 fully saturated rings. The minimum absolute atomic E-state index is 0.237. The van der Waals surface area contributed by atoms with Crippen LogP contribution in [0.3, 0.4) is 0 Å². The van der Waals surface area contributed by atoms with Crippen LogP contribution in [0.2, 0.25) is 0 Å². The van der Waals surface area contributed by atoms with Gasteiger partial charge in [-0.1, -0.05) is 12.1 Å². The molecule has 0 unspecified atom stereocenters. The lowest BCUT2D eigenvalue weighted by molar-refractivity contribution is 0.483. The summed E-state index contributed by atoms with van der Waals surface area (Å²) < 4.78 is 60.5. The van der Waals surface area contributed by atoms with E-state index in [4.69, 9.17) is 9.11 Å². The summed E-state index contributed by atoms with van der Waals surface area (Å²) in [6.07, 6.45) is 0. The largest absolute Gasteiger partial charge is 0.305 e. The molecule has 0 saturated carbocycles. The maximum absolute atomic E-state index is 11.0. The minimum atomic E-state index is -4.31. The summed E-state index contributed by atoms with van der Waals surface area (Å²) in [6, 6.07) is 8.41. The molecule has 0 aliphatic rings. The Labute approximate surface area is 115 Å². The summed E-state index contributed by atoms with van der Waals surface area (Å²) in [5.41, 5.74) is 0.676. The first kappa shape index (κ1) is 14.6. The number of rotatable bonds is 3. The molecule has 0 aliphatic heterocycles. The molecule has 7 nitrogen and oxygen atoms in total. The van der Waals surface area contributed by atoms with E-state index in [0.717, 1.165) is 0 Å². The van der Waals surface area contributed by atoms with Crippen LogP contribution < -0.4 is 0 Å². The number of hydrogen-bond acceptors (Lipinski definition) is 5. The van der Waals surface area contributed by atoms with Gasteiger partial charge in [0, 0.05) is 0 Å². The zero-order valence-electron chi connectivity index (χ0n) is 9.83. The van der Waals surface area contributed by atoms with Crippen LogP contribution in [0, 0.1) is 0 Å². The Morgan fingerprint density at radius 2 is 1.50 bits per heavy atom. The number of benzene rings is 2. The second-order valence-electron chi connectivity index (χ2n) is 3.92. The number of aliphatic imine (C=N–C) groups is 1. The summed E-state index contributed by atoms with van der Waals surface area (Å²) in [5, 5.41) is 1.13. The van der Waals surface area contributed by atoms with Crippen LogP contribution in [0.15, 0.2) is 46.3 Å². The van der Waals surface area contributed by atoms with Crippen molar-refractivity contribution < 1.29 is 25.9 Å². The van der Waals surface area contributed by atoms with Gasteiger partial charge in [-0.15, -0.1) is 0 Å². The van der Waals surface area contributed by atoms with Gasteiger partial charge < -0.3 is 0 Å². The lowest BCUT2D eigenvalue weighted by Gasteiger charge is -2.02. The van der Waals surface area contributed by atoms with Gasteiger partial charge in [0.25, 0.3) is 10.1 Å². The summed E-state index contributed by atoms with van der Waals surface area (Å²) >= 11 is 0. The first-order chi connectivity index (χ1) is 9.15. The van der Waals surface area contributed by atoms with E-state index in [1.807, 2.05) is 0 Å². The summed E-state index contributed by atoms with van der Waals surface area (Å²) in [6.45, 7) is 0. The van der Waals surface area contributed by atoms with E-state index in [2.05, 4.69) is 4.99 Å². The van der Waals surface area contributed by atoms with Gasteiger partial charge in [0.2, 0.25) is 0 Å². The molecular formula is C11H9NO6S2. The molecule has 0 atom stereocenters. The van der Waals surface area contributed by atoms with Crippen molar-refractivity contribution in [2.75, 3.05) is 0 Å². The topological polar surface area (TPSA) is 121 Å². The molecule has 0 aromatic heterocycles. The van der Waals surface area contributed by atoms with Crippen LogP contribution in [-0.2, 0) is 20.2 Å². The lowest BCUT2D eigenvalue weighted by atomic mass is 10.1. The average molecular weight is 315 g/mol. The third kappa shape index (κ3) is 3.61. The first-order valence-electron chi connectivity index (χ1n) is 5.18. The molecule has 0 aliphatic carbocycles. The Balaban J connectivity index is 2.50. The van der Waals surface area contributed by atoms with Crippen LogP contribution in [0.25, 0.3) is 10.8 Å². The maximum Gasteiger partial charge on any atom is 0.305 e. The molecule has 2 rings (SSSR count). The smallest absolute Gasteiger partial charge is 0.282 e. The van der Waals surface area contributed by atoms with Gasteiger partial charge in [-0.3, -0.25) is 9.11 Å². The number of hydrogen-bond donors (Lipinski definition) is 2. The van der Waals surface area contributed by atoms with Crippen molar-refractivity contribution in [2.45, 2.75) is 4.90 Å². The fraction of sp³-hybridized carbons (Fsp3) is 0. The monoisotopic (exact) mass is 315 g/mol. The van der Waals surface area contributed by atoms with Crippen LogP contribution in [-0.4, -0.2) is 31.5 Å². The zero-order valence-corrected chi connectivity index (χ0v) is 11.5. The highest BCUT2D eigenvalue weighted by Crippen LogP contribution is 2.23. The van der Waals surface area contributed by atoms with Crippen molar-refractivity contribution in [1.82, 2.24) is 0 Å². The molecule has 0 heterocycles. The zero-order chi connectivity index (χ0) is 15.0. The highest BCUT2D eigenvalue weighted by molar-refractivity contribution is 7.99. The molecule has 2 N–H and O–H groups in total. The second kappa shape index (κ2) is 4.94. The average Bonchev–Trinajstić information content (AvgIpc) is 2.33. The van der Waals surface area contributed by atoms with Crippen molar-refractivity contribution in [3.05, 3.63) is 36.4 Å². The Hall–Kier alpha value is -1.81. The Morgan fingerprint density at radius 3 is 2.10 bits per heavy atom. The molecular weight excluding hydrogens is 306 g/mol. The maximum atomic E-state index is 11.0. The summed E-state index contributed by atoms with van der Waals surface area (Å²) in [7, 11) is -8.58. The molecule has 0 radical (unpaired) electrons. The normalized spacial score (nSPS) is 13.1. The van der Waals surface area contributed by atoms with Gasteiger partial charge in [-0.2, -0.15) is 16.8 Å². The predicted molar refractivity (Wildman–Crippen MR) is 73.5 cm³/mol. The van der Waals surface area contributed by atoms with Crippen LogP contribution >= 0.6 is 0 Å². The summed E-state index contributed by atoms with van der Waals surface area (Å²) in [5.74, 6) is 0. The van der Waals surface area contributed by atoms with E-state index in [9.17, 15) is 16.8 Å². The summed E-state index contributed by atoms with van der Waals surface area (Å²) in [4.78, 5) is 3.33. The van der Waals surface area contributed by atoms with Crippen LogP contribution in [0.1, 0.15) is 0 Å². The molecule has 0 bridgehead atoms. The predicted octanol–water partition coefficient (Wildman–Crippen LogP) is 1.63. The standard InChI is InChI=1S/C11H9NO6S2/c13-19(14,15)7-12-10-3-1-9-6-11(20(16,17)18)4-2-8(9)5-10/h1-7H,(H,13,14,15)(H,16,17,18). The molecule has 2 aromatic rings. The highest BCUT2D eigenvalue weighted by Gasteiger charge is 2.09. The lowest BCUT2D eigenvalue weighted by Crippen LogP contribution is -1.97. The molecule has 2 aromatic carbocycles. The molecule has 106 valence electrons. The highest BCUT2D eigenvalue weighted by atomic mass is 32.2. The van der Waals surface area contributed by atoms with Gasteiger partial charge in [0.15, 0.2) is 0 Å². The second-order valence-corrected chi connectivity index (χ2v) is 6.58. The number of nitrogens with zero attached hydrogens (tertiary/aromatic N) is 1. The van der Waals surface area contributed by atoms with Crippen molar-refractivity contribution in [2.24, 2.45) is 4.99 Å². The van der Waals surface area contributed by atoms with Crippen molar-refractivity contribution >= 4 is 42.2 Å². The molecule has 0 saturated heterocycles. The fourth-order valence-electron chi connectivity index (χ4n) is 1.58. The Morgan fingerprint density at radius 1 is 0.900 bits per heavy atom. The van der Waals surface area contributed by atoms with Gasteiger partial charge >= 0.3 is 10.1 Å². The van der Waals surface area contributed by atoms with E-state index in [0.29, 0.717) is 16.3 Å². The van der Waals surface area contributed by atoms with Crippen molar-refractivity contribution in [3.63, 3.8) is 0 Å². The third-order valence-electron chi connectivity index (χ3n) is 2.43. The van der Waals surface area contributed by atoms with E-state index >= 15 is 0 Å². The third-order valence-corrected chi connectivity index (χ3v) is 3.65. The Kier molecular flexibility index (Phi) is 3.61. The van der Waals surface area contributed by atoms with Gasteiger partial charge in [-0.05, 0) is 35.0 Å². The van der Waals surface area contributed by atoms with Crippen LogP contribution in [0.4, 0.5) is 5.69 Å². The fourth-order valence-corrected chi connectivity index (χ4v) is 2.35. The molecule has 0 amide bonds. The molecule has 0 spiro atoms. The number of fused-ring (bicyclic) bond motifs is 1.